The van der Waals surface area contributed by atoms with Crippen LogP contribution in [0.4, 0.5) is 23.2 Å². The van der Waals surface area contributed by atoms with E-state index in [1.807, 2.05) is 24.3 Å². The van der Waals surface area contributed by atoms with E-state index in [2.05, 4.69) is 19.7 Å². The van der Waals surface area contributed by atoms with Gasteiger partial charge in [-0.15, -0.1) is 13.2 Å². The maximum Gasteiger partial charge on any atom is 0.573 e. The van der Waals surface area contributed by atoms with Crippen molar-refractivity contribution < 1.29 is 27.1 Å². The second-order valence-electron chi connectivity index (χ2n) is 8.52. The van der Waals surface area contributed by atoms with Crippen molar-refractivity contribution in [2.75, 3.05) is 4.90 Å². The summed E-state index contributed by atoms with van der Waals surface area (Å²) in [6.45, 7) is -0.190. The predicted molar refractivity (Wildman–Crippen MR) is 134 cm³/mol. The third-order valence-electron chi connectivity index (χ3n) is 5.87. The van der Waals surface area contributed by atoms with E-state index in [4.69, 9.17) is 0 Å². The molecule has 38 heavy (non-hydrogen) atoms. The molecule has 2 heterocycles. The number of anilines is 1. The number of alkyl halides is 3. The number of amides is 1. The molecule has 0 unspecified atom stereocenters. The van der Waals surface area contributed by atoms with Crippen LogP contribution < -0.4 is 9.64 Å². The number of hydrogen-bond donors (Lipinski definition) is 1. The van der Waals surface area contributed by atoms with Crippen LogP contribution in [0.2, 0.25) is 0 Å². The minimum Gasteiger partial charge on any atom is -0.406 e. The lowest BCUT2D eigenvalue weighted by molar-refractivity contribution is -0.274. The first-order chi connectivity index (χ1) is 18.2. The molecule has 0 saturated heterocycles. The second-order valence-corrected chi connectivity index (χ2v) is 8.52. The Morgan fingerprint density at radius 1 is 1.00 bits per heavy atom. The fourth-order valence-corrected chi connectivity index (χ4v) is 4.22. The molecular weight excluding hydrogens is 500 g/mol. The van der Waals surface area contributed by atoms with Gasteiger partial charge in [0, 0.05) is 41.3 Å². The third kappa shape index (κ3) is 5.80. The topological polar surface area (TPSA) is 71.1 Å². The number of benzene rings is 3. The van der Waals surface area contributed by atoms with E-state index in [-0.39, 0.29) is 24.4 Å². The van der Waals surface area contributed by atoms with E-state index in [9.17, 15) is 22.4 Å². The smallest absolute Gasteiger partial charge is 0.406 e. The number of imidazole rings is 1. The van der Waals surface area contributed by atoms with Crippen LogP contribution in [0.5, 0.6) is 5.75 Å². The van der Waals surface area contributed by atoms with Gasteiger partial charge in [-0.2, -0.15) is 0 Å². The van der Waals surface area contributed by atoms with Gasteiger partial charge in [-0.25, -0.2) is 9.37 Å². The Labute approximate surface area is 214 Å². The molecule has 0 fully saturated rings. The summed E-state index contributed by atoms with van der Waals surface area (Å²) in [5.74, 6) is -1.97. The number of halogens is 4. The van der Waals surface area contributed by atoms with Gasteiger partial charge in [0.15, 0.2) is 0 Å². The Kier molecular flexibility index (Phi) is 6.78. The summed E-state index contributed by atoms with van der Waals surface area (Å²) in [5, 5.41) is 1.73. The number of nitrogens with zero attached hydrogens (tertiary/aromatic N) is 3. The zero-order valence-corrected chi connectivity index (χ0v) is 19.7. The summed E-state index contributed by atoms with van der Waals surface area (Å²) in [5.41, 5.74) is 2.80. The van der Waals surface area contributed by atoms with Crippen LogP contribution in [-0.2, 0) is 17.8 Å². The molecular formula is C28H20F4N4O2. The molecule has 0 bridgehead atoms. The lowest BCUT2D eigenvalue weighted by Crippen LogP contribution is -2.32. The SMILES string of the molecule is O=C(Cc1cncc2ccccc12)N(Cc1cc(F)cc(OC(F)(F)F)c1)c1ccc(-c2c[nH]cn2)cc1. The third-order valence-corrected chi connectivity index (χ3v) is 5.87. The maximum atomic E-state index is 14.2. The number of fused-ring (bicyclic) bond motifs is 1. The zero-order chi connectivity index (χ0) is 26.7. The molecule has 5 rings (SSSR count). The van der Waals surface area contributed by atoms with Crippen molar-refractivity contribution in [3.8, 4) is 17.0 Å². The van der Waals surface area contributed by atoms with Gasteiger partial charge in [-0.3, -0.25) is 9.78 Å². The molecule has 5 aromatic rings. The second kappa shape index (κ2) is 10.3. The Morgan fingerprint density at radius 3 is 2.53 bits per heavy atom. The van der Waals surface area contributed by atoms with Gasteiger partial charge in [0.25, 0.3) is 0 Å². The maximum absolute atomic E-state index is 14.2. The summed E-state index contributed by atoms with van der Waals surface area (Å²) >= 11 is 0. The summed E-state index contributed by atoms with van der Waals surface area (Å²) in [6.07, 6.45) is 1.56. The molecule has 0 spiro atoms. The summed E-state index contributed by atoms with van der Waals surface area (Å²) in [4.78, 5) is 26.3. The van der Waals surface area contributed by atoms with Crippen molar-refractivity contribution in [1.29, 1.82) is 0 Å². The number of aromatic amines is 1. The van der Waals surface area contributed by atoms with Crippen LogP contribution in [0, 0.1) is 5.82 Å². The highest BCUT2D eigenvalue weighted by molar-refractivity contribution is 5.97. The van der Waals surface area contributed by atoms with Crippen molar-refractivity contribution in [2.24, 2.45) is 0 Å². The van der Waals surface area contributed by atoms with E-state index < -0.39 is 17.9 Å². The molecule has 6 nitrogen and oxygen atoms in total. The molecule has 3 aromatic carbocycles. The largest absolute Gasteiger partial charge is 0.573 e. The molecule has 0 atom stereocenters. The van der Waals surface area contributed by atoms with Crippen molar-refractivity contribution in [2.45, 2.75) is 19.3 Å². The molecule has 192 valence electrons. The lowest BCUT2D eigenvalue weighted by Gasteiger charge is -2.24. The number of pyridine rings is 1. The summed E-state index contributed by atoms with van der Waals surface area (Å²) in [6, 6.07) is 17.2. The molecule has 0 saturated carbocycles. The highest BCUT2D eigenvalue weighted by Crippen LogP contribution is 2.28. The van der Waals surface area contributed by atoms with Crippen LogP contribution in [0.3, 0.4) is 0 Å². The average molecular weight is 520 g/mol. The highest BCUT2D eigenvalue weighted by atomic mass is 19.4. The van der Waals surface area contributed by atoms with Crippen molar-refractivity contribution >= 4 is 22.4 Å². The fraction of sp³-hybridized carbons (Fsp3) is 0.107. The van der Waals surface area contributed by atoms with E-state index in [0.29, 0.717) is 23.0 Å². The van der Waals surface area contributed by atoms with Gasteiger partial charge >= 0.3 is 6.36 Å². The normalized spacial score (nSPS) is 11.5. The first kappa shape index (κ1) is 24.9. The Hall–Kier alpha value is -4.73. The number of aromatic nitrogens is 3. The Morgan fingerprint density at radius 2 is 1.79 bits per heavy atom. The molecule has 10 heteroatoms. The van der Waals surface area contributed by atoms with Crippen molar-refractivity contribution in [3.63, 3.8) is 0 Å². The highest BCUT2D eigenvalue weighted by Gasteiger charge is 2.31. The molecule has 0 radical (unpaired) electrons. The van der Waals surface area contributed by atoms with Crippen molar-refractivity contribution in [3.05, 3.63) is 109 Å². The van der Waals surface area contributed by atoms with Crippen LogP contribution >= 0.6 is 0 Å². The quantitative estimate of drug-likeness (QED) is 0.251. The molecule has 0 aliphatic rings. The zero-order valence-electron chi connectivity index (χ0n) is 19.7. The van der Waals surface area contributed by atoms with Gasteiger partial charge < -0.3 is 14.6 Å². The molecule has 2 aromatic heterocycles. The number of carbonyl (C=O) groups excluding carboxylic acids is 1. The van der Waals surface area contributed by atoms with Crippen LogP contribution in [0.25, 0.3) is 22.0 Å². The average Bonchev–Trinajstić information content (AvgIpc) is 3.41. The van der Waals surface area contributed by atoms with E-state index in [1.165, 1.54) is 4.90 Å². The molecule has 0 aliphatic heterocycles. The number of hydrogen-bond acceptors (Lipinski definition) is 4. The Balaban J connectivity index is 1.49. The first-order valence-corrected chi connectivity index (χ1v) is 11.5. The summed E-state index contributed by atoms with van der Waals surface area (Å²) < 4.78 is 56.4. The molecule has 1 amide bonds. The standard InChI is InChI=1S/C28H20F4N4O2/c29-22-9-18(10-24(12-22)38-28(30,31)32)16-36(23-7-5-19(6-8-23)26-15-34-17-35-26)27(37)11-21-14-33-13-20-3-1-2-4-25(20)21/h1-10,12-15,17H,11,16H2,(H,34,35). The van der Waals surface area contributed by atoms with Gasteiger partial charge in [0.1, 0.15) is 11.6 Å². The number of carbonyl (C=O) groups is 1. The van der Waals surface area contributed by atoms with Crippen LogP contribution in [0.1, 0.15) is 11.1 Å². The van der Waals surface area contributed by atoms with E-state index in [1.54, 1.807) is 49.2 Å². The lowest BCUT2D eigenvalue weighted by atomic mass is 10.0. The minimum absolute atomic E-state index is 0.0311. The van der Waals surface area contributed by atoms with E-state index in [0.717, 1.165) is 28.5 Å². The van der Waals surface area contributed by atoms with E-state index >= 15 is 0 Å². The number of rotatable bonds is 7. The van der Waals surface area contributed by atoms with Gasteiger partial charge in [0.2, 0.25) is 5.91 Å². The summed E-state index contributed by atoms with van der Waals surface area (Å²) in [7, 11) is 0. The minimum atomic E-state index is -4.98. The van der Waals surface area contributed by atoms with Gasteiger partial charge in [0.05, 0.1) is 25.0 Å². The number of ether oxygens (including phenoxy) is 1. The van der Waals surface area contributed by atoms with Crippen molar-refractivity contribution in [1.82, 2.24) is 15.0 Å². The predicted octanol–water partition coefficient (Wildman–Crippen LogP) is 6.44. The molecule has 1 N–H and O–H groups in total. The fourth-order valence-electron chi connectivity index (χ4n) is 4.22. The monoisotopic (exact) mass is 520 g/mol. The molecule has 0 aliphatic carbocycles. The van der Waals surface area contributed by atoms with Gasteiger partial charge in [-0.05, 0) is 40.8 Å². The van der Waals surface area contributed by atoms with Crippen LogP contribution in [-0.4, -0.2) is 27.2 Å². The Bertz CT molecular complexity index is 1560. The number of H-pyrrole nitrogens is 1. The van der Waals surface area contributed by atoms with Gasteiger partial charge in [-0.1, -0.05) is 36.4 Å². The van der Waals surface area contributed by atoms with Crippen LogP contribution in [0.15, 0.2) is 91.6 Å². The number of nitrogens with one attached hydrogen (secondary N) is 1. The first-order valence-electron chi connectivity index (χ1n) is 11.5.